The number of aromatic nitrogens is 3. The van der Waals surface area contributed by atoms with Gasteiger partial charge in [0.1, 0.15) is 0 Å². The van der Waals surface area contributed by atoms with Gasteiger partial charge in [-0.05, 0) is 44.2 Å². The third-order valence-corrected chi connectivity index (χ3v) is 5.19. The molecule has 2 aromatic rings. The topological polar surface area (TPSA) is 96.5 Å². The van der Waals surface area contributed by atoms with Crippen molar-refractivity contribution in [2.45, 2.75) is 40.0 Å². The minimum absolute atomic E-state index is 0.0482. The van der Waals surface area contributed by atoms with Gasteiger partial charge in [0.15, 0.2) is 5.65 Å². The van der Waals surface area contributed by atoms with Crippen molar-refractivity contribution in [3.05, 3.63) is 33.4 Å². The van der Waals surface area contributed by atoms with Crippen molar-refractivity contribution >= 4 is 11.6 Å². The van der Waals surface area contributed by atoms with Crippen LogP contribution in [0.1, 0.15) is 36.7 Å². The summed E-state index contributed by atoms with van der Waals surface area (Å²) < 4.78 is 1.69. The van der Waals surface area contributed by atoms with E-state index in [4.69, 9.17) is 5.73 Å². The van der Waals surface area contributed by atoms with Crippen molar-refractivity contribution < 1.29 is 4.79 Å². The molecule has 1 atom stereocenters. The van der Waals surface area contributed by atoms with Gasteiger partial charge in [0, 0.05) is 37.0 Å². The average Bonchev–Trinajstić information content (AvgIpc) is 3.10. The van der Waals surface area contributed by atoms with Crippen molar-refractivity contribution in [1.29, 1.82) is 0 Å². The highest BCUT2D eigenvalue weighted by Gasteiger charge is 2.34. The molecule has 7 heteroatoms. The third-order valence-electron chi connectivity index (χ3n) is 5.19. The summed E-state index contributed by atoms with van der Waals surface area (Å²) in [4.78, 5) is 30.4. The van der Waals surface area contributed by atoms with E-state index in [1.54, 1.807) is 4.52 Å². The lowest BCUT2D eigenvalue weighted by atomic mass is 9.90. The Kier molecular flexibility index (Phi) is 4.21. The quantitative estimate of drug-likeness (QED) is 0.865. The Bertz CT molecular complexity index is 837. The van der Waals surface area contributed by atoms with Gasteiger partial charge in [-0.2, -0.15) is 0 Å². The summed E-state index contributed by atoms with van der Waals surface area (Å²) in [6.07, 6.45) is 2.03. The fourth-order valence-corrected chi connectivity index (χ4v) is 3.51. The molecule has 0 spiro atoms. The fraction of sp³-hybridized carbons (Fsp3) is 0.588. The van der Waals surface area contributed by atoms with E-state index in [2.05, 4.69) is 17.0 Å². The van der Waals surface area contributed by atoms with Gasteiger partial charge in [0.2, 0.25) is 5.91 Å². The zero-order valence-corrected chi connectivity index (χ0v) is 14.6. The summed E-state index contributed by atoms with van der Waals surface area (Å²) in [5, 5.41) is 2.74. The molecular formula is C17H25N5O2. The van der Waals surface area contributed by atoms with E-state index in [-0.39, 0.29) is 16.9 Å². The van der Waals surface area contributed by atoms with E-state index in [1.807, 2.05) is 18.7 Å². The van der Waals surface area contributed by atoms with Crippen LogP contribution in [-0.2, 0) is 11.2 Å². The first-order valence-electron chi connectivity index (χ1n) is 8.39. The average molecular weight is 331 g/mol. The number of nitrogens with one attached hydrogen (secondary N) is 1. The Labute approximate surface area is 140 Å². The number of hydrogen-bond acceptors (Lipinski definition) is 4. The second kappa shape index (κ2) is 6.05. The van der Waals surface area contributed by atoms with Crippen molar-refractivity contribution in [1.82, 2.24) is 19.5 Å². The van der Waals surface area contributed by atoms with Gasteiger partial charge < -0.3 is 10.6 Å². The smallest absolute Gasteiger partial charge is 0.266 e. The molecule has 130 valence electrons. The molecule has 0 aliphatic carbocycles. The standard InChI is InChI=1S/C17H25N5O2/c1-11-13(12(2)22-14(19-11)8-15(23)20-22)4-5-16(24)21-7-6-17(3,9-18)10-21/h8H,4-7,9-10,18H2,1-3H3,(H,20,23). The molecule has 1 unspecified atom stereocenters. The second-order valence-electron chi connectivity index (χ2n) is 7.16. The van der Waals surface area contributed by atoms with Crippen LogP contribution in [0.2, 0.25) is 0 Å². The number of amides is 1. The minimum atomic E-state index is -0.170. The van der Waals surface area contributed by atoms with E-state index in [0.29, 0.717) is 25.0 Å². The molecule has 2 aromatic heterocycles. The van der Waals surface area contributed by atoms with Gasteiger partial charge in [-0.15, -0.1) is 0 Å². The second-order valence-corrected chi connectivity index (χ2v) is 7.16. The molecule has 1 saturated heterocycles. The van der Waals surface area contributed by atoms with Crippen LogP contribution in [0.5, 0.6) is 0 Å². The molecular weight excluding hydrogens is 306 g/mol. The van der Waals surface area contributed by atoms with Gasteiger partial charge in [-0.3, -0.25) is 14.7 Å². The molecule has 1 amide bonds. The molecule has 1 aliphatic rings. The van der Waals surface area contributed by atoms with Gasteiger partial charge in [-0.25, -0.2) is 9.50 Å². The molecule has 24 heavy (non-hydrogen) atoms. The molecule has 1 fully saturated rings. The molecule has 0 bridgehead atoms. The molecule has 3 N–H and O–H groups in total. The lowest BCUT2D eigenvalue weighted by molar-refractivity contribution is -0.130. The van der Waals surface area contributed by atoms with Crippen LogP contribution in [0, 0.1) is 19.3 Å². The number of carbonyl (C=O) groups excluding carboxylic acids is 1. The normalized spacial score (nSPS) is 20.9. The number of rotatable bonds is 4. The third kappa shape index (κ3) is 2.96. The molecule has 0 radical (unpaired) electrons. The Morgan fingerprint density at radius 1 is 1.46 bits per heavy atom. The van der Waals surface area contributed by atoms with Crippen LogP contribution in [0.15, 0.2) is 10.9 Å². The first-order valence-corrected chi connectivity index (χ1v) is 8.39. The maximum absolute atomic E-state index is 12.5. The number of H-pyrrole nitrogens is 1. The maximum atomic E-state index is 12.5. The molecule has 1 aliphatic heterocycles. The Hall–Kier alpha value is -2.15. The SMILES string of the molecule is Cc1nc2cc(=O)[nH]n2c(C)c1CCC(=O)N1CCC(C)(CN)C1. The minimum Gasteiger partial charge on any atom is -0.342 e. The summed E-state index contributed by atoms with van der Waals surface area (Å²) >= 11 is 0. The van der Waals surface area contributed by atoms with Crippen LogP contribution >= 0.6 is 0 Å². The van der Waals surface area contributed by atoms with Crippen LogP contribution in [-0.4, -0.2) is 45.0 Å². The van der Waals surface area contributed by atoms with E-state index < -0.39 is 0 Å². The number of likely N-dealkylation sites (tertiary alicyclic amines) is 1. The largest absolute Gasteiger partial charge is 0.342 e. The van der Waals surface area contributed by atoms with Crippen molar-refractivity contribution in [2.24, 2.45) is 11.1 Å². The van der Waals surface area contributed by atoms with E-state index >= 15 is 0 Å². The number of fused-ring (bicyclic) bond motifs is 1. The number of nitrogens with two attached hydrogens (primary N) is 1. The lowest BCUT2D eigenvalue weighted by Crippen LogP contribution is -2.34. The van der Waals surface area contributed by atoms with Crippen molar-refractivity contribution in [3.8, 4) is 0 Å². The van der Waals surface area contributed by atoms with Gasteiger partial charge in [0.25, 0.3) is 5.56 Å². The maximum Gasteiger partial charge on any atom is 0.266 e. The van der Waals surface area contributed by atoms with E-state index in [9.17, 15) is 9.59 Å². The summed E-state index contributed by atoms with van der Waals surface area (Å²) in [5.41, 5.74) is 9.12. The highest BCUT2D eigenvalue weighted by Crippen LogP contribution is 2.29. The summed E-state index contributed by atoms with van der Waals surface area (Å²) in [6.45, 7) is 8.13. The number of hydrogen-bond donors (Lipinski definition) is 2. The number of aromatic amines is 1. The van der Waals surface area contributed by atoms with Gasteiger partial charge >= 0.3 is 0 Å². The Morgan fingerprint density at radius 2 is 2.21 bits per heavy atom. The Balaban J connectivity index is 1.74. The van der Waals surface area contributed by atoms with Crippen molar-refractivity contribution in [3.63, 3.8) is 0 Å². The summed E-state index contributed by atoms with van der Waals surface area (Å²) in [6, 6.07) is 1.48. The predicted octanol–water partition coefficient (Wildman–Crippen LogP) is 0.769. The highest BCUT2D eigenvalue weighted by atomic mass is 16.2. The molecule has 0 aromatic carbocycles. The summed E-state index contributed by atoms with van der Waals surface area (Å²) in [5.74, 6) is 0.159. The van der Waals surface area contributed by atoms with Gasteiger partial charge in [0.05, 0.1) is 0 Å². The van der Waals surface area contributed by atoms with Crippen LogP contribution in [0.4, 0.5) is 0 Å². The first-order chi connectivity index (χ1) is 11.3. The zero-order chi connectivity index (χ0) is 17.5. The summed E-state index contributed by atoms with van der Waals surface area (Å²) in [7, 11) is 0. The molecule has 3 rings (SSSR count). The van der Waals surface area contributed by atoms with E-state index in [0.717, 1.165) is 36.5 Å². The molecule has 0 saturated carbocycles. The Morgan fingerprint density at radius 3 is 2.88 bits per heavy atom. The zero-order valence-electron chi connectivity index (χ0n) is 14.6. The van der Waals surface area contributed by atoms with Crippen LogP contribution in [0.3, 0.4) is 0 Å². The van der Waals surface area contributed by atoms with E-state index in [1.165, 1.54) is 6.07 Å². The molecule has 3 heterocycles. The number of carbonyl (C=O) groups is 1. The number of aryl methyl sites for hydroxylation is 2. The monoisotopic (exact) mass is 331 g/mol. The number of nitrogens with zero attached hydrogens (tertiary/aromatic N) is 3. The van der Waals surface area contributed by atoms with Crippen LogP contribution < -0.4 is 11.3 Å². The molecule has 7 nitrogen and oxygen atoms in total. The van der Waals surface area contributed by atoms with Crippen LogP contribution in [0.25, 0.3) is 5.65 Å². The fourth-order valence-electron chi connectivity index (χ4n) is 3.51. The predicted molar refractivity (Wildman–Crippen MR) is 92.0 cm³/mol. The lowest BCUT2D eigenvalue weighted by Gasteiger charge is -2.22. The first kappa shape index (κ1) is 16.7. The highest BCUT2D eigenvalue weighted by molar-refractivity contribution is 5.77. The van der Waals surface area contributed by atoms with Crippen molar-refractivity contribution in [2.75, 3.05) is 19.6 Å². The van der Waals surface area contributed by atoms with Gasteiger partial charge in [-0.1, -0.05) is 6.92 Å².